The van der Waals surface area contributed by atoms with Crippen LogP contribution in [0.3, 0.4) is 0 Å². The van der Waals surface area contributed by atoms with Crippen LogP contribution in [0.4, 0.5) is 10.1 Å². The van der Waals surface area contributed by atoms with Gasteiger partial charge in [-0.1, -0.05) is 12.1 Å². The molecule has 2 aromatic carbocycles. The molecule has 0 fully saturated rings. The average molecular weight is 288 g/mol. The number of halogens is 1. The number of carbonyl (C=O) groups excluding carboxylic acids is 1. The van der Waals surface area contributed by atoms with E-state index in [9.17, 15) is 9.18 Å². The summed E-state index contributed by atoms with van der Waals surface area (Å²) in [5, 5.41) is 2.83. The molecule has 0 spiro atoms. The van der Waals surface area contributed by atoms with Gasteiger partial charge in [0.1, 0.15) is 11.6 Å². The van der Waals surface area contributed by atoms with Crippen molar-refractivity contribution in [1.29, 1.82) is 0 Å². The Morgan fingerprint density at radius 1 is 1.24 bits per heavy atom. The molecule has 2 rings (SSSR count). The molecule has 0 aliphatic rings. The van der Waals surface area contributed by atoms with Gasteiger partial charge in [-0.05, 0) is 42.8 Å². The second kappa shape index (κ2) is 6.26. The molecule has 1 atom stereocenters. The van der Waals surface area contributed by atoms with Crippen LogP contribution in [0.1, 0.15) is 28.9 Å². The van der Waals surface area contributed by atoms with E-state index in [1.54, 1.807) is 7.11 Å². The van der Waals surface area contributed by atoms with Gasteiger partial charge in [0, 0.05) is 5.69 Å². The minimum Gasteiger partial charge on any atom is -0.497 e. The van der Waals surface area contributed by atoms with Crippen molar-refractivity contribution in [2.45, 2.75) is 13.0 Å². The lowest BCUT2D eigenvalue weighted by Gasteiger charge is -2.15. The number of nitrogens with one attached hydrogen (secondary N) is 1. The van der Waals surface area contributed by atoms with Crippen LogP contribution < -0.4 is 15.8 Å². The molecule has 0 saturated heterocycles. The molecule has 1 unspecified atom stereocenters. The molecular weight excluding hydrogens is 271 g/mol. The average Bonchev–Trinajstić information content (AvgIpc) is 2.47. The van der Waals surface area contributed by atoms with Crippen LogP contribution in [0.2, 0.25) is 0 Å². The number of hydrogen-bond donors (Lipinski definition) is 2. The molecule has 0 aliphatic heterocycles. The van der Waals surface area contributed by atoms with Crippen molar-refractivity contribution in [3.63, 3.8) is 0 Å². The molecular formula is C16H17FN2O2. The molecule has 4 nitrogen and oxygen atoms in total. The highest BCUT2D eigenvalue weighted by molar-refractivity contribution is 5.99. The largest absolute Gasteiger partial charge is 0.497 e. The van der Waals surface area contributed by atoms with E-state index in [1.807, 2.05) is 31.2 Å². The van der Waals surface area contributed by atoms with E-state index in [0.717, 1.165) is 17.4 Å². The van der Waals surface area contributed by atoms with Crippen LogP contribution in [0.15, 0.2) is 42.5 Å². The predicted octanol–water partition coefficient (Wildman–Crippen LogP) is 2.91. The van der Waals surface area contributed by atoms with Crippen LogP contribution in [-0.4, -0.2) is 13.0 Å². The quantitative estimate of drug-likeness (QED) is 0.850. The summed E-state index contributed by atoms with van der Waals surface area (Å²) in [5.41, 5.74) is 6.97. The monoisotopic (exact) mass is 288 g/mol. The van der Waals surface area contributed by atoms with Crippen molar-refractivity contribution in [3.05, 3.63) is 59.4 Å². The number of benzene rings is 2. The van der Waals surface area contributed by atoms with Gasteiger partial charge in [-0.3, -0.25) is 4.79 Å². The Morgan fingerprint density at radius 2 is 1.90 bits per heavy atom. The van der Waals surface area contributed by atoms with Crippen molar-refractivity contribution >= 4 is 11.6 Å². The summed E-state index contributed by atoms with van der Waals surface area (Å²) < 4.78 is 18.1. The van der Waals surface area contributed by atoms with E-state index in [-0.39, 0.29) is 23.2 Å². The molecule has 0 bridgehead atoms. The van der Waals surface area contributed by atoms with Crippen molar-refractivity contribution in [2.75, 3.05) is 12.8 Å². The van der Waals surface area contributed by atoms with Crippen LogP contribution >= 0.6 is 0 Å². The molecule has 21 heavy (non-hydrogen) atoms. The minimum atomic E-state index is -0.466. The van der Waals surface area contributed by atoms with Gasteiger partial charge in [-0.25, -0.2) is 4.39 Å². The third-order valence-corrected chi connectivity index (χ3v) is 3.22. The first-order valence-electron chi connectivity index (χ1n) is 6.51. The van der Waals surface area contributed by atoms with Gasteiger partial charge in [-0.2, -0.15) is 0 Å². The topological polar surface area (TPSA) is 64.3 Å². The second-order valence-electron chi connectivity index (χ2n) is 4.70. The van der Waals surface area contributed by atoms with Crippen molar-refractivity contribution < 1.29 is 13.9 Å². The number of hydrogen-bond acceptors (Lipinski definition) is 3. The van der Waals surface area contributed by atoms with Crippen LogP contribution in [-0.2, 0) is 0 Å². The van der Waals surface area contributed by atoms with Crippen molar-refractivity contribution in [2.24, 2.45) is 0 Å². The number of nitrogens with two attached hydrogens (primary N) is 1. The standard InChI is InChI=1S/C16H17FN2O2/c1-10(11-3-6-13(21-2)7-4-11)19-16(20)14-8-5-12(17)9-15(14)18/h3-10H,18H2,1-2H3,(H,19,20). The van der Waals surface area contributed by atoms with Crippen LogP contribution in [0.25, 0.3) is 0 Å². The zero-order valence-electron chi connectivity index (χ0n) is 11.9. The predicted molar refractivity (Wildman–Crippen MR) is 79.7 cm³/mol. The fourth-order valence-electron chi connectivity index (χ4n) is 1.99. The molecule has 0 aromatic heterocycles. The van der Waals surface area contributed by atoms with Gasteiger partial charge in [-0.15, -0.1) is 0 Å². The smallest absolute Gasteiger partial charge is 0.253 e. The molecule has 0 aliphatic carbocycles. The minimum absolute atomic E-state index is 0.120. The normalized spacial score (nSPS) is 11.8. The van der Waals surface area contributed by atoms with E-state index in [1.165, 1.54) is 12.1 Å². The number of nitrogen functional groups attached to an aromatic ring is 1. The summed E-state index contributed by atoms with van der Waals surface area (Å²) >= 11 is 0. The first-order chi connectivity index (χ1) is 10.0. The molecule has 1 amide bonds. The first kappa shape index (κ1) is 14.8. The van der Waals surface area contributed by atoms with E-state index in [2.05, 4.69) is 5.32 Å². The van der Waals surface area contributed by atoms with Crippen LogP contribution in [0, 0.1) is 5.82 Å². The van der Waals surface area contributed by atoms with Crippen LogP contribution in [0.5, 0.6) is 5.75 Å². The Labute approximate surface area is 122 Å². The summed E-state index contributed by atoms with van der Waals surface area (Å²) in [4.78, 5) is 12.1. The summed E-state index contributed by atoms with van der Waals surface area (Å²) in [6.07, 6.45) is 0. The van der Waals surface area contributed by atoms with Gasteiger partial charge >= 0.3 is 0 Å². The number of methoxy groups -OCH3 is 1. The molecule has 5 heteroatoms. The maximum absolute atomic E-state index is 13.0. The maximum Gasteiger partial charge on any atom is 0.253 e. The van der Waals surface area contributed by atoms with Gasteiger partial charge in [0.15, 0.2) is 0 Å². The summed E-state index contributed by atoms with van der Waals surface area (Å²) in [6.45, 7) is 1.86. The number of anilines is 1. The molecule has 2 aromatic rings. The molecule has 0 heterocycles. The lowest BCUT2D eigenvalue weighted by atomic mass is 10.1. The highest BCUT2D eigenvalue weighted by Crippen LogP contribution is 2.19. The molecule has 3 N–H and O–H groups in total. The molecule has 110 valence electrons. The Bertz CT molecular complexity index is 641. The third-order valence-electron chi connectivity index (χ3n) is 3.22. The summed E-state index contributed by atoms with van der Waals surface area (Å²) in [6, 6.07) is 10.9. The second-order valence-corrected chi connectivity index (χ2v) is 4.70. The Kier molecular flexibility index (Phi) is 4.42. The number of carbonyl (C=O) groups is 1. The van der Waals surface area contributed by atoms with Crippen molar-refractivity contribution in [1.82, 2.24) is 5.32 Å². The van der Waals surface area contributed by atoms with E-state index < -0.39 is 5.82 Å². The fraction of sp³-hybridized carbons (Fsp3) is 0.188. The first-order valence-corrected chi connectivity index (χ1v) is 6.51. The number of amides is 1. The van der Waals surface area contributed by atoms with Gasteiger partial charge in [0.2, 0.25) is 0 Å². The SMILES string of the molecule is COc1ccc(C(C)NC(=O)c2ccc(F)cc2N)cc1. The molecule has 0 saturated carbocycles. The van der Waals surface area contributed by atoms with Gasteiger partial charge < -0.3 is 15.8 Å². The van der Waals surface area contributed by atoms with E-state index in [4.69, 9.17) is 10.5 Å². The van der Waals surface area contributed by atoms with Crippen molar-refractivity contribution in [3.8, 4) is 5.75 Å². The van der Waals surface area contributed by atoms with Gasteiger partial charge in [0.05, 0.1) is 18.7 Å². The number of rotatable bonds is 4. The Morgan fingerprint density at radius 3 is 2.48 bits per heavy atom. The third kappa shape index (κ3) is 3.51. The highest BCUT2D eigenvalue weighted by Gasteiger charge is 2.14. The Balaban J connectivity index is 2.10. The lowest BCUT2D eigenvalue weighted by Crippen LogP contribution is -2.27. The molecule has 0 radical (unpaired) electrons. The zero-order chi connectivity index (χ0) is 15.4. The number of ether oxygens (including phenoxy) is 1. The summed E-state index contributed by atoms with van der Waals surface area (Å²) in [7, 11) is 1.59. The maximum atomic E-state index is 13.0. The fourth-order valence-corrected chi connectivity index (χ4v) is 1.99. The van der Waals surface area contributed by atoms with E-state index in [0.29, 0.717) is 0 Å². The summed E-state index contributed by atoms with van der Waals surface area (Å²) in [5.74, 6) is -0.0527. The lowest BCUT2D eigenvalue weighted by molar-refractivity contribution is 0.0941. The van der Waals surface area contributed by atoms with Gasteiger partial charge in [0.25, 0.3) is 5.91 Å². The van der Waals surface area contributed by atoms with E-state index >= 15 is 0 Å². The highest BCUT2D eigenvalue weighted by atomic mass is 19.1. The Hall–Kier alpha value is -2.56. The zero-order valence-corrected chi connectivity index (χ0v) is 11.9.